The van der Waals surface area contributed by atoms with Crippen LogP contribution < -0.4 is 10.9 Å². The van der Waals surface area contributed by atoms with Crippen molar-refractivity contribution in [2.75, 3.05) is 0 Å². The number of carbonyl (C=O) groups excluding carboxylic acids is 1. The zero-order valence-electron chi connectivity index (χ0n) is 16.0. The maximum absolute atomic E-state index is 13.5. The van der Waals surface area contributed by atoms with E-state index in [1.54, 1.807) is 13.1 Å². The molecule has 0 saturated carbocycles. The number of thiazole rings is 1. The molecular formula is C22H17F2N3O2S. The molecule has 0 saturated heterocycles. The van der Waals surface area contributed by atoms with Gasteiger partial charge in [-0.25, -0.2) is 13.8 Å². The summed E-state index contributed by atoms with van der Waals surface area (Å²) in [4.78, 5) is 30.1. The van der Waals surface area contributed by atoms with Crippen molar-refractivity contribution in [1.82, 2.24) is 14.9 Å². The van der Waals surface area contributed by atoms with E-state index in [0.29, 0.717) is 28.0 Å². The van der Waals surface area contributed by atoms with Gasteiger partial charge >= 0.3 is 0 Å². The van der Waals surface area contributed by atoms with E-state index in [-0.39, 0.29) is 22.9 Å². The third-order valence-corrected chi connectivity index (χ3v) is 5.84. The second-order valence-corrected chi connectivity index (χ2v) is 7.81. The topological polar surface area (TPSA) is 64.0 Å². The van der Waals surface area contributed by atoms with Gasteiger partial charge in [0.1, 0.15) is 4.83 Å². The molecule has 30 heavy (non-hydrogen) atoms. The smallest absolute Gasteiger partial charge is 0.280 e. The first-order valence-corrected chi connectivity index (χ1v) is 9.99. The van der Waals surface area contributed by atoms with Crippen LogP contribution in [0.25, 0.3) is 10.3 Å². The molecule has 2 heterocycles. The summed E-state index contributed by atoms with van der Waals surface area (Å²) in [6.07, 6.45) is 0.132. The molecule has 0 fully saturated rings. The Labute approximate surface area is 174 Å². The average molecular weight is 425 g/mol. The number of nitrogens with one attached hydrogen (secondary N) is 1. The van der Waals surface area contributed by atoms with Crippen LogP contribution in [0.15, 0.2) is 59.4 Å². The van der Waals surface area contributed by atoms with E-state index in [4.69, 9.17) is 0 Å². The van der Waals surface area contributed by atoms with E-state index in [0.717, 1.165) is 29.0 Å². The zero-order valence-corrected chi connectivity index (χ0v) is 16.8. The molecule has 2 aromatic heterocycles. The molecule has 0 aliphatic heterocycles. The molecule has 0 atom stereocenters. The number of fused-ring (bicyclic) bond motifs is 1. The maximum atomic E-state index is 13.5. The van der Waals surface area contributed by atoms with Gasteiger partial charge in [-0.15, -0.1) is 0 Å². The van der Waals surface area contributed by atoms with Crippen molar-refractivity contribution in [3.63, 3.8) is 0 Å². The number of benzene rings is 2. The van der Waals surface area contributed by atoms with Gasteiger partial charge in [-0.1, -0.05) is 47.7 Å². The molecule has 0 aliphatic rings. The average Bonchev–Trinajstić information content (AvgIpc) is 3.18. The highest BCUT2D eigenvalue weighted by Gasteiger charge is 2.17. The quantitative estimate of drug-likeness (QED) is 0.529. The summed E-state index contributed by atoms with van der Waals surface area (Å²) in [7, 11) is 1.60. The number of rotatable bonds is 5. The summed E-state index contributed by atoms with van der Waals surface area (Å²) in [5.74, 6) is -2.22. The summed E-state index contributed by atoms with van der Waals surface area (Å²) in [5, 5.41) is 3.07. The molecule has 0 bridgehead atoms. The number of pyridine rings is 1. The van der Waals surface area contributed by atoms with Crippen LogP contribution in [0, 0.1) is 11.6 Å². The SMILES string of the molecule is Cn1c(=O)c(Cc2ccc(F)c(F)c2)cc2nc(C(=O)NCc3ccccc3)sc21. The highest BCUT2D eigenvalue weighted by atomic mass is 32.1. The molecule has 2 aromatic carbocycles. The number of halogens is 2. The molecule has 0 aliphatic carbocycles. The third-order valence-electron chi connectivity index (χ3n) is 4.70. The van der Waals surface area contributed by atoms with Crippen LogP contribution in [-0.4, -0.2) is 15.5 Å². The first-order chi connectivity index (χ1) is 14.4. The Bertz CT molecular complexity index is 1300. The van der Waals surface area contributed by atoms with Crippen molar-refractivity contribution < 1.29 is 13.6 Å². The minimum Gasteiger partial charge on any atom is -0.346 e. The second kappa shape index (κ2) is 8.16. The van der Waals surface area contributed by atoms with Crippen LogP contribution in [0.4, 0.5) is 8.78 Å². The van der Waals surface area contributed by atoms with E-state index in [9.17, 15) is 18.4 Å². The Hall–Kier alpha value is -3.39. The van der Waals surface area contributed by atoms with Crippen molar-refractivity contribution in [2.24, 2.45) is 7.05 Å². The summed E-state index contributed by atoms with van der Waals surface area (Å²) < 4.78 is 28.1. The summed E-state index contributed by atoms with van der Waals surface area (Å²) in [6.45, 7) is 0.371. The molecule has 5 nitrogen and oxygen atoms in total. The molecule has 4 aromatic rings. The number of amides is 1. The van der Waals surface area contributed by atoms with Gasteiger partial charge in [-0.2, -0.15) is 0 Å². The molecule has 1 amide bonds. The first-order valence-electron chi connectivity index (χ1n) is 9.18. The fraction of sp³-hybridized carbons (Fsp3) is 0.136. The van der Waals surface area contributed by atoms with Gasteiger partial charge in [0.25, 0.3) is 11.5 Å². The predicted octanol–water partition coefficient (Wildman–Crippen LogP) is 3.79. The third kappa shape index (κ3) is 3.99. The molecule has 8 heteroatoms. The fourth-order valence-corrected chi connectivity index (χ4v) is 4.06. The largest absolute Gasteiger partial charge is 0.346 e. The van der Waals surface area contributed by atoms with Crippen LogP contribution in [0.5, 0.6) is 0 Å². The zero-order chi connectivity index (χ0) is 21.3. The first kappa shape index (κ1) is 19.9. The minimum absolute atomic E-state index is 0.132. The van der Waals surface area contributed by atoms with E-state index < -0.39 is 11.6 Å². The Balaban J connectivity index is 1.61. The minimum atomic E-state index is -0.962. The maximum Gasteiger partial charge on any atom is 0.280 e. The normalized spacial score (nSPS) is 11.0. The van der Waals surface area contributed by atoms with E-state index >= 15 is 0 Å². The molecule has 0 spiro atoms. The number of carbonyl (C=O) groups is 1. The Morgan fingerprint density at radius 3 is 2.57 bits per heavy atom. The van der Waals surface area contributed by atoms with E-state index in [1.807, 2.05) is 30.3 Å². The van der Waals surface area contributed by atoms with Crippen LogP contribution in [0.2, 0.25) is 0 Å². The van der Waals surface area contributed by atoms with Crippen LogP contribution in [-0.2, 0) is 20.0 Å². The lowest BCUT2D eigenvalue weighted by Crippen LogP contribution is -2.22. The van der Waals surface area contributed by atoms with Gasteiger partial charge in [0.15, 0.2) is 16.6 Å². The Kier molecular flexibility index (Phi) is 5.41. The Morgan fingerprint density at radius 1 is 1.07 bits per heavy atom. The Morgan fingerprint density at radius 2 is 1.83 bits per heavy atom. The molecule has 0 radical (unpaired) electrons. The predicted molar refractivity (Wildman–Crippen MR) is 112 cm³/mol. The molecule has 152 valence electrons. The monoisotopic (exact) mass is 425 g/mol. The van der Waals surface area contributed by atoms with Crippen molar-refractivity contribution in [3.05, 3.63) is 98.3 Å². The molecular weight excluding hydrogens is 408 g/mol. The lowest BCUT2D eigenvalue weighted by Gasteiger charge is -2.05. The van der Waals surface area contributed by atoms with Gasteiger partial charge in [-0.05, 0) is 29.3 Å². The number of hydrogen-bond donors (Lipinski definition) is 1. The lowest BCUT2D eigenvalue weighted by molar-refractivity contribution is 0.0950. The van der Waals surface area contributed by atoms with E-state index in [2.05, 4.69) is 10.3 Å². The van der Waals surface area contributed by atoms with Crippen LogP contribution in [0.1, 0.15) is 26.5 Å². The van der Waals surface area contributed by atoms with Gasteiger partial charge in [0.05, 0.1) is 5.52 Å². The standard InChI is InChI=1S/C22H17F2N3O2S/c1-27-21(29)15(9-14-7-8-16(23)17(24)10-14)11-18-22(27)30-20(26-18)19(28)25-12-13-5-3-2-4-6-13/h2-8,10-11H,9,12H2,1H3,(H,25,28). The van der Waals surface area contributed by atoms with Gasteiger partial charge in [0.2, 0.25) is 0 Å². The van der Waals surface area contributed by atoms with Gasteiger partial charge < -0.3 is 9.88 Å². The van der Waals surface area contributed by atoms with Gasteiger partial charge in [0, 0.05) is 25.6 Å². The summed E-state index contributed by atoms with van der Waals surface area (Å²) in [5.41, 5.74) is 2.06. The summed E-state index contributed by atoms with van der Waals surface area (Å²) in [6, 6.07) is 14.6. The second-order valence-electron chi connectivity index (χ2n) is 6.84. The van der Waals surface area contributed by atoms with Crippen LogP contribution in [0.3, 0.4) is 0 Å². The molecule has 1 N–H and O–H groups in total. The highest BCUT2D eigenvalue weighted by molar-refractivity contribution is 7.19. The highest BCUT2D eigenvalue weighted by Crippen LogP contribution is 2.22. The van der Waals surface area contributed by atoms with Crippen molar-refractivity contribution in [2.45, 2.75) is 13.0 Å². The lowest BCUT2D eigenvalue weighted by atomic mass is 10.1. The fourth-order valence-electron chi connectivity index (χ4n) is 3.14. The number of aromatic nitrogens is 2. The van der Waals surface area contributed by atoms with Crippen molar-refractivity contribution in [3.8, 4) is 0 Å². The van der Waals surface area contributed by atoms with Gasteiger partial charge in [-0.3, -0.25) is 9.59 Å². The van der Waals surface area contributed by atoms with Crippen molar-refractivity contribution in [1.29, 1.82) is 0 Å². The number of hydrogen-bond acceptors (Lipinski definition) is 4. The summed E-state index contributed by atoms with van der Waals surface area (Å²) >= 11 is 1.13. The number of aryl methyl sites for hydroxylation is 1. The number of nitrogens with zero attached hydrogens (tertiary/aromatic N) is 2. The molecule has 4 rings (SSSR count). The van der Waals surface area contributed by atoms with E-state index in [1.165, 1.54) is 10.6 Å². The van der Waals surface area contributed by atoms with Crippen molar-refractivity contribution >= 4 is 27.6 Å². The van der Waals surface area contributed by atoms with Crippen LogP contribution >= 0.6 is 11.3 Å². The molecule has 0 unspecified atom stereocenters.